The highest BCUT2D eigenvalue weighted by molar-refractivity contribution is 9.10. The Morgan fingerprint density at radius 2 is 1.81 bits per heavy atom. The summed E-state index contributed by atoms with van der Waals surface area (Å²) in [5, 5.41) is 3.57. The van der Waals surface area contributed by atoms with E-state index in [-0.39, 0.29) is 0 Å². The molecule has 2 heteroatoms. The van der Waals surface area contributed by atoms with Crippen molar-refractivity contribution >= 4 is 21.6 Å². The van der Waals surface area contributed by atoms with Gasteiger partial charge in [-0.05, 0) is 71.4 Å². The summed E-state index contributed by atoms with van der Waals surface area (Å²) in [4.78, 5) is 0. The molecule has 21 heavy (non-hydrogen) atoms. The van der Waals surface area contributed by atoms with Crippen molar-refractivity contribution in [2.45, 2.75) is 46.1 Å². The minimum absolute atomic E-state index is 0.296. The average molecular weight is 346 g/mol. The number of rotatable bonds is 6. The Hall–Kier alpha value is -1.28. The van der Waals surface area contributed by atoms with Gasteiger partial charge in [-0.3, -0.25) is 0 Å². The van der Waals surface area contributed by atoms with Gasteiger partial charge >= 0.3 is 0 Å². The molecule has 0 aliphatic heterocycles. The summed E-state index contributed by atoms with van der Waals surface area (Å²) in [6.07, 6.45) is 3.70. The monoisotopic (exact) mass is 345 g/mol. The zero-order valence-electron chi connectivity index (χ0n) is 13.1. The normalized spacial score (nSPS) is 12.2. The maximum atomic E-state index is 3.63. The van der Waals surface area contributed by atoms with E-state index in [1.54, 1.807) is 0 Å². The molecule has 1 N–H and O–H groups in total. The van der Waals surface area contributed by atoms with E-state index in [2.05, 4.69) is 84.5 Å². The molecule has 0 amide bonds. The molecule has 112 valence electrons. The molecule has 0 aromatic heterocycles. The largest absolute Gasteiger partial charge is 0.378 e. The second kappa shape index (κ2) is 7.65. The predicted octanol–water partition coefficient (Wildman–Crippen LogP) is 6.27. The Morgan fingerprint density at radius 1 is 1.10 bits per heavy atom. The molecule has 2 rings (SSSR count). The van der Waals surface area contributed by atoms with Gasteiger partial charge in [-0.2, -0.15) is 0 Å². The van der Waals surface area contributed by atoms with E-state index in [1.165, 1.54) is 36.0 Å². The third-order valence-electron chi connectivity index (χ3n) is 3.80. The lowest BCUT2D eigenvalue weighted by atomic mass is 10.0. The van der Waals surface area contributed by atoms with Crippen molar-refractivity contribution in [2.75, 3.05) is 5.32 Å². The van der Waals surface area contributed by atoms with Gasteiger partial charge in [0.1, 0.15) is 0 Å². The summed E-state index contributed by atoms with van der Waals surface area (Å²) in [6, 6.07) is 15.7. The maximum Gasteiger partial charge on any atom is 0.0489 e. The summed E-state index contributed by atoms with van der Waals surface area (Å²) in [5.74, 6) is 0. The molecule has 0 aliphatic rings. The molecule has 0 bridgehead atoms. The fourth-order valence-electron chi connectivity index (χ4n) is 2.41. The van der Waals surface area contributed by atoms with Gasteiger partial charge in [0.05, 0.1) is 0 Å². The third kappa shape index (κ3) is 4.60. The van der Waals surface area contributed by atoms with Crippen molar-refractivity contribution in [1.29, 1.82) is 0 Å². The van der Waals surface area contributed by atoms with Crippen molar-refractivity contribution in [1.82, 2.24) is 0 Å². The van der Waals surface area contributed by atoms with Crippen LogP contribution in [0.2, 0.25) is 0 Å². The van der Waals surface area contributed by atoms with Crippen molar-refractivity contribution in [3.8, 4) is 0 Å². The van der Waals surface area contributed by atoms with Crippen LogP contribution in [0.25, 0.3) is 0 Å². The first-order valence-electron chi connectivity index (χ1n) is 7.71. The summed E-state index contributed by atoms with van der Waals surface area (Å²) in [7, 11) is 0. The quantitative estimate of drug-likeness (QED) is 0.650. The lowest BCUT2D eigenvalue weighted by Crippen LogP contribution is -2.07. The Kier molecular flexibility index (Phi) is 5.86. The van der Waals surface area contributed by atoms with E-state index in [9.17, 15) is 0 Å². The van der Waals surface area contributed by atoms with E-state index in [0.717, 1.165) is 10.2 Å². The highest BCUT2D eigenvalue weighted by atomic mass is 79.9. The van der Waals surface area contributed by atoms with Crippen LogP contribution in [0.15, 0.2) is 46.9 Å². The fraction of sp³-hybridized carbons (Fsp3) is 0.368. The number of unbranched alkanes of at least 4 members (excludes halogenated alkanes) is 1. The standard InChI is InChI=1S/C19H24BrN/c1-4-5-6-16-8-10-17(11-9-16)15(3)21-19-12-7-14(2)13-18(19)20/h7-13,15,21H,4-6H2,1-3H3. The molecule has 0 spiro atoms. The first-order chi connectivity index (χ1) is 10.1. The molecule has 0 radical (unpaired) electrons. The summed E-state index contributed by atoms with van der Waals surface area (Å²) in [6.45, 7) is 6.54. The number of nitrogens with one attached hydrogen (secondary N) is 1. The van der Waals surface area contributed by atoms with E-state index >= 15 is 0 Å². The SMILES string of the molecule is CCCCc1ccc(C(C)Nc2ccc(C)cc2Br)cc1. The zero-order valence-corrected chi connectivity index (χ0v) is 14.7. The van der Waals surface area contributed by atoms with Crippen molar-refractivity contribution in [3.63, 3.8) is 0 Å². The van der Waals surface area contributed by atoms with Crippen LogP contribution in [0, 0.1) is 6.92 Å². The Labute approximate surface area is 136 Å². The van der Waals surface area contributed by atoms with E-state index in [4.69, 9.17) is 0 Å². The van der Waals surface area contributed by atoms with Gasteiger partial charge in [0.25, 0.3) is 0 Å². The Bertz CT molecular complexity index is 575. The van der Waals surface area contributed by atoms with Gasteiger partial charge in [0, 0.05) is 16.2 Å². The van der Waals surface area contributed by atoms with Gasteiger partial charge in [-0.1, -0.05) is 43.7 Å². The highest BCUT2D eigenvalue weighted by Crippen LogP contribution is 2.27. The lowest BCUT2D eigenvalue weighted by Gasteiger charge is -2.17. The van der Waals surface area contributed by atoms with Crippen molar-refractivity contribution in [3.05, 3.63) is 63.6 Å². The third-order valence-corrected chi connectivity index (χ3v) is 4.45. The first kappa shape index (κ1) is 16.1. The number of hydrogen-bond donors (Lipinski definition) is 1. The molecule has 1 unspecified atom stereocenters. The van der Waals surface area contributed by atoms with E-state index < -0.39 is 0 Å². The average Bonchev–Trinajstić information content (AvgIpc) is 2.48. The molecule has 0 fully saturated rings. The molecule has 1 nitrogen and oxygen atoms in total. The number of benzene rings is 2. The highest BCUT2D eigenvalue weighted by Gasteiger charge is 2.07. The van der Waals surface area contributed by atoms with E-state index in [1.807, 2.05) is 0 Å². The summed E-state index contributed by atoms with van der Waals surface area (Å²) >= 11 is 3.63. The predicted molar refractivity (Wildman–Crippen MR) is 96.0 cm³/mol. The van der Waals surface area contributed by atoms with Gasteiger partial charge in [0.15, 0.2) is 0 Å². The number of aryl methyl sites for hydroxylation is 2. The molecule has 0 heterocycles. The molecule has 0 saturated carbocycles. The second-order valence-corrected chi connectivity index (χ2v) is 6.55. The first-order valence-corrected chi connectivity index (χ1v) is 8.51. The van der Waals surface area contributed by atoms with Crippen LogP contribution in [-0.2, 0) is 6.42 Å². The van der Waals surface area contributed by atoms with Gasteiger partial charge in [-0.15, -0.1) is 0 Å². The van der Waals surface area contributed by atoms with Crippen LogP contribution < -0.4 is 5.32 Å². The van der Waals surface area contributed by atoms with Gasteiger partial charge in [-0.25, -0.2) is 0 Å². The van der Waals surface area contributed by atoms with Crippen LogP contribution in [-0.4, -0.2) is 0 Å². The van der Waals surface area contributed by atoms with Crippen LogP contribution in [0.3, 0.4) is 0 Å². The summed E-state index contributed by atoms with van der Waals surface area (Å²) < 4.78 is 1.12. The van der Waals surface area contributed by atoms with E-state index in [0.29, 0.717) is 6.04 Å². The van der Waals surface area contributed by atoms with Crippen molar-refractivity contribution in [2.24, 2.45) is 0 Å². The molecule has 0 aliphatic carbocycles. The van der Waals surface area contributed by atoms with Crippen molar-refractivity contribution < 1.29 is 0 Å². The smallest absolute Gasteiger partial charge is 0.0489 e. The van der Waals surface area contributed by atoms with Crippen LogP contribution >= 0.6 is 15.9 Å². The molecule has 0 saturated heterocycles. The minimum atomic E-state index is 0.296. The number of hydrogen-bond acceptors (Lipinski definition) is 1. The zero-order chi connectivity index (χ0) is 15.2. The summed E-state index contributed by atoms with van der Waals surface area (Å²) in [5.41, 5.74) is 5.16. The number of halogens is 1. The topological polar surface area (TPSA) is 12.0 Å². The lowest BCUT2D eigenvalue weighted by molar-refractivity contribution is 0.793. The second-order valence-electron chi connectivity index (χ2n) is 5.69. The molecule has 2 aromatic rings. The van der Waals surface area contributed by atoms with Gasteiger partial charge in [0.2, 0.25) is 0 Å². The number of anilines is 1. The molecular weight excluding hydrogens is 322 g/mol. The van der Waals surface area contributed by atoms with Crippen LogP contribution in [0.4, 0.5) is 5.69 Å². The molecule has 2 aromatic carbocycles. The Balaban J connectivity index is 2.04. The van der Waals surface area contributed by atoms with Gasteiger partial charge < -0.3 is 5.32 Å². The molecule has 1 atom stereocenters. The van der Waals surface area contributed by atoms with Crippen LogP contribution in [0.1, 0.15) is 49.4 Å². The molecular formula is C19H24BrN. The minimum Gasteiger partial charge on any atom is -0.378 e. The Morgan fingerprint density at radius 3 is 2.43 bits per heavy atom. The maximum absolute atomic E-state index is 3.63. The fourth-order valence-corrected chi connectivity index (χ4v) is 3.02. The van der Waals surface area contributed by atoms with Crippen LogP contribution in [0.5, 0.6) is 0 Å².